The average molecular weight is 237 g/mol. The van der Waals surface area contributed by atoms with Gasteiger partial charge in [0.05, 0.1) is 6.61 Å². The summed E-state index contributed by atoms with van der Waals surface area (Å²) in [6.07, 6.45) is 1.50. The minimum Gasteiger partial charge on any atom is -0.493 e. The summed E-state index contributed by atoms with van der Waals surface area (Å²) < 4.78 is 18.9. The molecule has 0 aliphatic carbocycles. The van der Waals surface area contributed by atoms with Gasteiger partial charge >= 0.3 is 0 Å². The quantitative estimate of drug-likeness (QED) is 0.868. The molecule has 0 saturated carbocycles. The van der Waals surface area contributed by atoms with Crippen molar-refractivity contribution in [2.45, 2.75) is 25.9 Å². The third-order valence-corrected chi connectivity index (χ3v) is 3.20. The molecule has 94 valence electrons. The third kappa shape index (κ3) is 3.70. The van der Waals surface area contributed by atoms with Crippen LogP contribution in [0.25, 0.3) is 0 Å². The van der Waals surface area contributed by atoms with Crippen molar-refractivity contribution in [3.63, 3.8) is 0 Å². The SMILES string of the molecule is CC(F)c1cccc(OCC2CCCNC2)c1. The van der Waals surface area contributed by atoms with Gasteiger partial charge in [-0.25, -0.2) is 4.39 Å². The Morgan fingerprint density at radius 2 is 2.41 bits per heavy atom. The molecule has 1 aliphatic rings. The Bertz CT molecular complexity index is 348. The summed E-state index contributed by atoms with van der Waals surface area (Å²) in [6.45, 7) is 4.41. The molecular weight excluding hydrogens is 217 g/mol. The normalized spacial score (nSPS) is 22.1. The fraction of sp³-hybridized carbons (Fsp3) is 0.571. The lowest BCUT2D eigenvalue weighted by atomic mass is 10.0. The van der Waals surface area contributed by atoms with Gasteiger partial charge in [0.25, 0.3) is 0 Å². The number of hydrogen-bond acceptors (Lipinski definition) is 2. The van der Waals surface area contributed by atoms with E-state index in [1.807, 2.05) is 12.1 Å². The van der Waals surface area contributed by atoms with Gasteiger partial charge in [-0.2, -0.15) is 0 Å². The molecule has 3 heteroatoms. The highest BCUT2D eigenvalue weighted by atomic mass is 19.1. The monoisotopic (exact) mass is 237 g/mol. The number of nitrogens with one attached hydrogen (secondary N) is 1. The summed E-state index contributed by atoms with van der Waals surface area (Å²) in [5, 5.41) is 3.36. The maximum atomic E-state index is 13.1. The van der Waals surface area contributed by atoms with Crippen LogP contribution in [-0.2, 0) is 0 Å². The van der Waals surface area contributed by atoms with Gasteiger partial charge in [0.1, 0.15) is 11.9 Å². The maximum Gasteiger partial charge on any atom is 0.122 e. The van der Waals surface area contributed by atoms with Crippen LogP contribution in [-0.4, -0.2) is 19.7 Å². The van der Waals surface area contributed by atoms with Crippen LogP contribution in [0.1, 0.15) is 31.5 Å². The minimum atomic E-state index is -0.935. The van der Waals surface area contributed by atoms with E-state index >= 15 is 0 Å². The van der Waals surface area contributed by atoms with E-state index in [0.717, 1.165) is 25.4 Å². The largest absolute Gasteiger partial charge is 0.493 e. The second-order valence-electron chi connectivity index (χ2n) is 4.71. The molecule has 17 heavy (non-hydrogen) atoms. The van der Waals surface area contributed by atoms with Crippen LogP contribution >= 0.6 is 0 Å². The highest BCUT2D eigenvalue weighted by Gasteiger charge is 2.13. The Hall–Kier alpha value is -1.09. The van der Waals surface area contributed by atoms with E-state index in [9.17, 15) is 4.39 Å². The maximum absolute atomic E-state index is 13.1. The first-order chi connectivity index (χ1) is 8.25. The Balaban J connectivity index is 1.87. The molecule has 1 aromatic rings. The van der Waals surface area contributed by atoms with Crippen molar-refractivity contribution in [2.24, 2.45) is 5.92 Å². The van der Waals surface area contributed by atoms with Crippen molar-refractivity contribution in [1.29, 1.82) is 0 Å². The fourth-order valence-electron chi connectivity index (χ4n) is 2.13. The number of piperidine rings is 1. The van der Waals surface area contributed by atoms with Crippen molar-refractivity contribution < 1.29 is 9.13 Å². The summed E-state index contributed by atoms with van der Waals surface area (Å²) in [6, 6.07) is 7.32. The molecule has 1 fully saturated rings. The topological polar surface area (TPSA) is 21.3 Å². The first-order valence-corrected chi connectivity index (χ1v) is 6.33. The van der Waals surface area contributed by atoms with Gasteiger partial charge in [-0.15, -0.1) is 0 Å². The number of benzene rings is 1. The Labute approximate surface area is 102 Å². The van der Waals surface area contributed by atoms with Crippen LogP contribution in [0.5, 0.6) is 5.75 Å². The molecule has 2 nitrogen and oxygen atoms in total. The summed E-state index contributed by atoms with van der Waals surface area (Å²) >= 11 is 0. The zero-order chi connectivity index (χ0) is 12.1. The zero-order valence-corrected chi connectivity index (χ0v) is 10.3. The summed E-state index contributed by atoms with van der Waals surface area (Å²) in [5.74, 6) is 1.35. The molecule has 0 spiro atoms. The molecule has 1 saturated heterocycles. The molecular formula is C14H20FNO. The Kier molecular flexibility index (Phi) is 4.37. The predicted molar refractivity (Wildman–Crippen MR) is 67.1 cm³/mol. The summed E-state index contributed by atoms with van der Waals surface area (Å²) in [5.41, 5.74) is 0.685. The van der Waals surface area contributed by atoms with Crippen molar-refractivity contribution >= 4 is 0 Å². The van der Waals surface area contributed by atoms with E-state index in [-0.39, 0.29) is 0 Å². The molecule has 1 aromatic carbocycles. The number of halogens is 1. The lowest BCUT2D eigenvalue weighted by Gasteiger charge is -2.22. The van der Waals surface area contributed by atoms with Crippen LogP contribution in [0.15, 0.2) is 24.3 Å². The van der Waals surface area contributed by atoms with Crippen molar-refractivity contribution in [2.75, 3.05) is 19.7 Å². The Morgan fingerprint density at radius 3 is 3.12 bits per heavy atom. The van der Waals surface area contributed by atoms with Gasteiger partial charge < -0.3 is 10.1 Å². The number of ether oxygens (including phenoxy) is 1. The van der Waals surface area contributed by atoms with Gasteiger partial charge in [0.15, 0.2) is 0 Å². The van der Waals surface area contributed by atoms with Crippen molar-refractivity contribution in [3.05, 3.63) is 29.8 Å². The van der Waals surface area contributed by atoms with E-state index < -0.39 is 6.17 Å². The molecule has 1 heterocycles. The van der Waals surface area contributed by atoms with Crippen LogP contribution in [0.3, 0.4) is 0 Å². The van der Waals surface area contributed by atoms with E-state index in [1.54, 1.807) is 19.1 Å². The molecule has 0 radical (unpaired) electrons. The predicted octanol–water partition coefficient (Wildman–Crippen LogP) is 3.10. The Morgan fingerprint density at radius 1 is 1.53 bits per heavy atom. The highest BCUT2D eigenvalue weighted by Crippen LogP contribution is 2.22. The van der Waals surface area contributed by atoms with Crippen LogP contribution < -0.4 is 10.1 Å². The third-order valence-electron chi connectivity index (χ3n) is 3.20. The van der Waals surface area contributed by atoms with Crippen LogP contribution in [0.2, 0.25) is 0 Å². The van der Waals surface area contributed by atoms with Crippen LogP contribution in [0.4, 0.5) is 4.39 Å². The smallest absolute Gasteiger partial charge is 0.122 e. The van der Waals surface area contributed by atoms with Gasteiger partial charge in [0.2, 0.25) is 0 Å². The summed E-state index contributed by atoms with van der Waals surface area (Å²) in [7, 11) is 0. The second-order valence-corrected chi connectivity index (χ2v) is 4.71. The molecule has 1 N–H and O–H groups in total. The van der Waals surface area contributed by atoms with Gasteiger partial charge in [-0.05, 0) is 44.0 Å². The van der Waals surface area contributed by atoms with Gasteiger partial charge in [-0.1, -0.05) is 12.1 Å². The zero-order valence-electron chi connectivity index (χ0n) is 10.3. The first-order valence-electron chi connectivity index (χ1n) is 6.33. The van der Waals surface area contributed by atoms with Crippen molar-refractivity contribution in [1.82, 2.24) is 5.32 Å². The summed E-state index contributed by atoms with van der Waals surface area (Å²) in [4.78, 5) is 0. The van der Waals surface area contributed by atoms with Crippen molar-refractivity contribution in [3.8, 4) is 5.75 Å². The molecule has 2 unspecified atom stereocenters. The lowest BCUT2D eigenvalue weighted by Crippen LogP contribution is -2.33. The minimum absolute atomic E-state index is 0.579. The number of hydrogen-bond donors (Lipinski definition) is 1. The lowest BCUT2D eigenvalue weighted by molar-refractivity contribution is 0.218. The highest BCUT2D eigenvalue weighted by molar-refractivity contribution is 5.29. The number of alkyl halides is 1. The second kappa shape index (κ2) is 6.01. The fourth-order valence-corrected chi connectivity index (χ4v) is 2.13. The van der Waals surface area contributed by atoms with E-state index in [1.165, 1.54) is 12.8 Å². The van der Waals surface area contributed by atoms with Crippen LogP contribution in [0, 0.1) is 5.92 Å². The molecule has 1 aliphatic heterocycles. The standard InChI is InChI=1S/C14H20FNO/c1-11(15)13-5-2-6-14(8-13)17-10-12-4-3-7-16-9-12/h2,5-6,8,11-12,16H,3-4,7,9-10H2,1H3. The average Bonchev–Trinajstić information content (AvgIpc) is 2.38. The van der Waals surface area contributed by atoms with Gasteiger partial charge in [-0.3, -0.25) is 0 Å². The van der Waals surface area contributed by atoms with E-state index in [4.69, 9.17) is 4.74 Å². The first kappa shape index (κ1) is 12.4. The van der Waals surface area contributed by atoms with Gasteiger partial charge in [0, 0.05) is 12.5 Å². The molecule has 0 bridgehead atoms. The molecule has 0 amide bonds. The molecule has 2 rings (SSSR count). The van der Waals surface area contributed by atoms with E-state index in [0.29, 0.717) is 11.5 Å². The molecule has 0 aromatic heterocycles. The van der Waals surface area contributed by atoms with E-state index in [2.05, 4.69) is 5.32 Å². The number of rotatable bonds is 4. The molecule has 2 atom stereocenters.